The van der Waals surface area contributed by atoms with Crippen molar-refractivity contribution in [3.63, 3.8) is 0 Å². The van der Waals surface area contributed by atoms with Crippen LogP contribution in [0.3, 0.4) is 0 Å². The molecule has 0 spiro atoms. The van der Waals surface area contributed by atoms with Gasteiger partial charge in [-0.15, -0.1) is 11.3 Å². The first-order chi connectivity index (χ1) is 8.02. The number of carboxylic acids is 1. The molecule has 0 bridgehead atoms. The maximum Gasteiger partial charge on any atom is 0.373 e. The van der Waals surface area contributed by atoms with Crippen molar-refractivity contribution in [2.24, 2.45) is 0 Å². The Balaban J connectivity index is 2.49. The number of carboxylic acid groups (broad SMARTS) is 1. The lowest BCUT2D eigenvalue weighted by molar-refractivity contribution is 0.0662. The lowest BCUT2D eigenvalue weighted by Crippen LogP contribution is -1.98. The molecule has 0 amide bonds. The van der Waals surface area contributed by atoms with E-state index < -0.39 is 5.97 Å². The third-order valence-electron chi connectivity index (χ3n) is 2.60. The molecule has 17 heavy (non-hydrogen) atoms. The SMILES string of the molecule is CCc1nc(-c2cc(C)c(C)s2)oc1C(=O)O. The predicted molar refractivity (Wildman–Crippen MR) is 65.6 cm³/mol. The minimum atomic E-state index is -1.06. The highest BCUT2D eigenvalue weighted by Crippen LogP contribution is 2.31. The van der Waals surface area contributed by atoms with Crippen LogP contribution in [0.1, 0.15) is 33.6 Å². The number of aryl methyl sites for hydroxylation is 3. The summed E-state index contributed by atoms with van der Waals surface area (Å²) in [7, 11) is 0. The Morgan fingerprint density at radius 3 is 2.65 bits per heavy atom. The molecule has 0 fully saturated rings. The molecule has 2 aromatic rings. The Kier molecular flexibility index (Phi) is 3.02. The van der Waals surface area contributed by atoms with Crippen LogP contribution in [0.2, 0.25) is 0 Å². The standard InChI is InChI=1S/C12H13NO3S/c1-4-8-10(12(14)15)16-11(13-8)9-5-6(2)7(3)17-9/h5H,4H2,1-3H3,(H,14,15). The zero-order valence-electron chi connectivity index (χ0n) is 9.90. The summed E-state index contributed by atoms with van der Waals surface area (Å²) in [6.07, 6.45) is 0.550. The van der Waals surface area contributed by atoms with Crippen LogP contribution in [0.4, 0.5) is 0 Å². The molecule has 0 aliphatic carbocycles. The summed E-state index contributed by atoms with van der Waals surface area (Å²) < 4.78 is 5.32. The molecule has 5 heteroatoms. The largest absolute Gasteiger partial charge is 0.475 e. The molecule has 4 nitrogen and oxygen atoms in total. The summed E-state index contributed by atoms with van der Waals surface area (Å²) in [5.74, 6) is -0.711. The zero-order valence-corrected chi connectivity index (χ0v) is 10.7. The number of thiophene rings is 1. The van der Waals surface area contributed by atoms with E-state index in [1.807, 2.05) is 26.8 Å². The number of aromatic carboxylic acids is 1. The van der Waals surface area contributed by atoms with E-state index in [-0.39, 0.29) is 5.76 Å². The summed E-state index contributed by atoms with van der Waals surface area (Å²) in [6, 6.07) is 1.97. The number of carbonyl (C=O) groups is 1. The van der Waals surface area contributed by atoms with Gasteiger partial charge >= 0.3 is 5.97 Å². The third kappa shape index (κ3) is 2.10. The van der Waals surface area contributed by atoms with Gasteiger partial charge in [-0.2, -0.15) is 0 Å². The monoisotopic (exact) mass is 251 g/mol. The van der Waals surface area contributed by atoms with Crippen molar-refractivity contribution in [1.82, 2.24) is 4.98 Å². The summed E-state index contributed by atoms with van der Waals surface area (Å²) in [4.78, 5) is 17.3. The third-order valence-corrected chi connectivity index (χ3v) is 3.74. The van der Waals surface area contributed by atoms with Crippen LogP contribution in [-0.4, -0.2) is 16.1 Å². The Morgan fingerprint density at radius 1 is 1.53 bits per heavy atom. The van der Waals surface area contributed by atoms with Crippen molar-refractivity contribution in [3.8, 4) is 10.8 Å². The van der Waals surface area contributed by atoms with Crippen LogP contribution in [0.5, 0.6) is 0 Å². The molecule has 0 aliphatic rings. The van der Waals surface area contributed by atoms with Gasteiger partial charge in [-0.3, -0.25) is 0 Å². The molecule has 0 aromatic carbocycles. The molecule has 90 valence electrons. The van der Waals surface area contributed by atoms with Crippen molar-refractivity contribution < 1.29 is 14.3 Å². The van der Waals surface area contributed by atoms with Gasteiger partial charge in [-0.1, -0.05) is 6.92 Å². The lowest BCUT2D eigenvalue weighted by Gasteiger charge is -1.88. The Labute approximate surface area is 103 Å². The van der Waals surface area contributed by atoms with Gasteiger partial charge in [0.05, 0.1) is 10.6 Å². The second-order valence-corrected chi connectivity index (χ2v) is 5.06. The average Bonchev–Trinajstić information content (AvgIpc) is 2.83. The first-order valence-electron chi connectivity index (χ1n) is 5.33. The van der Waals surface area contributed by atoms with Gasteiger partial charge in [0, 0.05) is 4.88 Å². The summed E-state index contributed by atoms with van der Waals surface area (Å²) in [6.45, 7) is 5.89. The van der Waals surface area contributed by atoms with Gasteiger partial charge < -0.3 is 9.52 Å². The van der Waals surface area contributed by atoms with E-state index in [0.29, 0.717) is 18.0 Å². The number of rotatable bonds is 3. The van der Waals surface area contributed by atoms with E-state index in [9.17, 15) is 4.79 Å². The van der Waals surface area contributed by atoms with Gasteiger partial charge in [0.1, 0.15) is 0 Å². The van der Waals surface area contributed by atoms with Crippen LogP contribution in [0.15, 0.2) is 10.5 Å². The molecule has 0 unspecified atom stereocenters. The molecule has 0 atom stereocenters. The van der Waals surface area contributed by atoms with Crippen LogP contribution in [0.25, 0.3) is 10.8 Å². The number of aromatic nitrogens is 1. The van der Waals surface area contributed by atoms with Crippen LogP contribution < -0.4 is 0 Å². The number of oxazole rings is 1. The van der Waals surface area contributed by atoms with Crippen LogP contribution in [0, 0.1) is 13.8 Å². The molecule has 2 heterocycles. The van der Waals surface area contributed by atoms with E-state index in [0.717, 1.165) is 10.4 Å². The molecule has 0 saturated heterocycles. The summed E-state index contributed by atoms with van der Waals surface area (Å²) in [5.41, 5.74) is 1.66. The molecule has 0 aliphatic heterocycles. The minimum absolute atomic E-state index is 0.0498. The Hall–Kier alpha value is -1.62. The molecular formula is C12H13NO3S. The average molecular weight is 251 g/mol. The van der Waals surface area contributed by atoms with Gasteiger partial charge in [0.15, 0.2) is 0 Å². The minimum Gasteiger partial charge on any atom is -0.475 e. The fourth-order valence-corrected chi connectivity index (χ4v) is 2.50. The number of hydrogen-bond donors (Lipinski definition) is 1. The molecule has 1 N–H and O–H groups in total. The maximum atomic E-state index is 11.0. The Morgan fingerprint density at radius 2 is 2.24 bits per heavy atom. The van der Waals surface area contributed by atoms with Crippen molar-refractivity contribution in [1.29, 1.82) is 0 Å². The van der Waals surface area contributed by atoms with Gasteiger partial charge in [0.2, 0.25) is 11.7 Å². The van der Waals surface area contributed by atoms with Crippen molar-refractivity contribution >= 4 is 17.3 Å². The van der Waals surface area contributed by atoms with Gasteiger partial charge in [-0.05, 0) is 31.9 Å². The van der Waals surface area contributed by atoms with Crippen LogP contribution >= 0.6 is 11.3 Å². The molecule has 2 rings (SSSR count). The quantitative estimate of drug-likeness (QED) is 0.909. The van der Waals surface area contributed by atoms with Crippen molar-refractivity contribution in [3.05, 3.63) is 28.0 Å². The normalized spacial score (nSPS) is 10.8. The fourth-order valence-electron chi connectivity index (χ4n) is 1.54. The van der Waals surface area contributed by atoms with E-state index >= 15 is 0 Å². The smallest absolute Gasteiger partial charge is 0.373 e. The second-order valence-electron chi connectivity index (χ2n) is 3.80. The molecule has 2 aromatic heterocycles. The Bertz CT molecular complexity index is 549. The second kappa shape index (κ2) is 4.33. The highest BCUT2D eigenvalue weighted by atomic mass is 32.1. The summed E-state index contributed by atoms with van der Waals surface area (Å²) in [5, 5.41) is 8.99. The molecular weight excluding hydrogens is 238 g/mol. The van der Waals surface area contributed by atoms with Crippen LogP contribution in [-0.2, 0) is 6.42 Å². The van der Waals surface area contributed by atoms with E-state index in [4.69, 9.17) is 9.52 Å². The van der Waals surface area contributed by atoms with E-state index in [2.05, 4.69) is 4.98 Å². The highest BCUT2D eigenvalue weighted by Gasteiger charge is 2.20. The first-order valence-corrected chi connectivity index (χ1v) is 6.15. The topological polar surface area (TPSA) is 63.3 Å². The van der Waals surface area contributed by atoms with Crippen molar-refractivity contribution in [2.45, 2.75) is 27.2 Å². The predicted octanol–water partition coefficient (Wildman–Crippen LogP) is 3.28. The number of nitrogens with zero attached hydrogens (tertiary/aromatic N) is 1. The highest BCUT2D eigenvalue weighted by molar-refractivity contribution is 7.15. The summed E-state index contributed by atoms with van der Waals surface area (Å²) >= 11 is 1.56. The van der Waals surface area contributed by atoms with Gasteiger partial charge in [0.25, 0.3) is 0 Å². The first kappa shape index (κ1) is 11.9. The fraction of sp³-hybridized carbons (Fsp3) is 0.333. The van der Waals surface area contributed by atoms with Gasteiger partial charge in [-0.25, -0.2) is 9.78 Å². The zero-order chi connectivity index (χ0) is 12.6. The lowest BCUT2D eigenvalue weighted by atomic mass is 10.3. The number of hydrogen-bond acceptors (Lipinski definition) is 4. The maximum absolute atomic E-state index is 11.0. The van der Waals surface area contributed by atoms with E-state index in [1.165, 1.54) is 4.88 Å². The molecule has 0 radical (unpaired) electrons. The van der Waals surface area contributed by atoms with Crippen molar-refractivity contribution in [2.75, 3.05) is 0 Å². The van der Waals surface area contributed by atoms with E-state index in [1.54, 1.807) is 11.3 Å². The molecule has 0 saturated carbocycles.